The minimum Gasteiger partial charge on any atom is -0.392 e. The third-order valence-corrected chi connectivity index (χ3v) is 5.30. The van der Waals surface area contributed by atoms with Gasteiger partial charge < -0.3 is 19.6 Å². The highest BCUT2D eigenvalue weighted by molar-refractivity contribution is 5.38. The molecule has 4 rings (SSSR count). The number of rotatable bonds is 5. The normalized spacial score (nSPS) is 30.0. The molecule has 2 bridgehead atoms. The van der Waals surface area contributed by atoms with Crippen LogP contribution in [0.15, 0.2) is 18.2 Å². The van der Waals surface area contributed by atoms with Crippen LogP contribution in [0.3, 0.4) is 0 Å². The SMILES string of the molecule is OC1[C@@H]2COC[C@H]1CN(CCCCc1ccc3c(c1)OOC3)C2. The number of benzene rings is 1. The van der Waals surface area contributed by atoms with Crippen LogP contribution in [0.2, 0.25) is 0 Å². The number of ether oxygens (including phenoxy) is 1. The van der Waals surface area contributed by atoms with Gasteiger partial charge in [-0.3, -0.25) is 0 Å². The van der Waals surface area contributed by atoms with Gasteiger partial charge in [0.25, 0.3) is 0 Å². The lowest BCUT2D eigenvalue weighted by Gasteiger charge is -2.44. The standard InChI is InChI=1S/C18H25NO4/c20-18-15-8-19(9-16(18)11-21-10-15)6-2-1-3-13-4-5-14-12-22-23-17(14)7-13/h4-5,7,15-16,18,20H,1-3,6,8-12H2/t15-,16+,18?. The molecule has 0 radical (unpaired) electrons. The van der Waals surface area contributed by atoms with Crippen LogP contribution >= 0.6 is 0 Å². The van der Waals surface area contributed by atoms with E-state index in [4.69, 9.17) is 14.5 Å². The van der Waals surface area contributed by atoms with E-state index in [-0.39, 0.29) is 6.10 Å². The second kappa shape index (κ2) is 6.77. The highest BCUT2D eigenvalue weighted by atomic mass is 17.2. The van der Waals surface area contributed by atoms with Crippen LogP contribution in [0.5, 0.6) is 5.75 Å². The molecule has 5 heteroatoms. The van der Waals surface area contributed by atoms with Gasteiger partial charge in [0, 0.05) is 30.5 Å². The molecule has 3 atom stereocenters. The first-order valence-electron chi connectivity index (χ1n) is 8.69. The zero-order valence-electron chi connectivity index (χ0n) is 13.4. The lowest BCUT2D eigenvalue weighted by atomic mass is 9.85. The van der Waals surface area contributed by atoms with Crippen molar-refractivity contribution in [3.05, 3.63) is 29.3 Å². The van der Waals surface area contributed by atoms with E-state index in [2.05, 4.69) is 23.1 Å². The van der Waals surface area contributed by atoms with Crippen molar-refractivity contribution in [2.24, 2.45) is 11.8 Å². The molecule has 3 heterocycles. The largest absolute Gasteiger partial charge is 0.392 e. The molecule has 126 valence electrons. The van der Waals surface area contributed by atoms with Crippen molar-refractivity contribution in [2.45, 2.75) is 32.0 Å². The van der Waals surface area contributed by atoms with Crippen molar-refractivity contribution in [1.82, 2.24) is 4.90 Å². The van der Waals surface area contributed by atoms with Gasteiger partial charge in [-0.05, 0) is 37.4 Å². The van der Waals surface area contributed by atoms with Gasteiger partial charge in [-0.15, -0.1) is 0 Å². The summed E-state index contributed by atoms with van der Waals surface area (Å²) in [6, 6.07) is 6.38. The third kappa shape index (κ3) is 3.38. The minimum absolute atomic E-state index is 0.159. The number of unbranched alkanes of at least 4 members (excludes halogenated alkanes) is 1. The summed E-state index contributed by atoms with van der Waals surface area (Å²) in [6.07, 6.45) is 3.27. The summed E-state index contributed by atoms with van der Waals surface area (Å²) in [5.74, 6) is 1.48. The molecule has 1 unspecified atom stereocenters. The van der Waals surface area contributed by atoms with E-state index < -0.39 is 0 Å². The lowest BCUT2D eigenvalue weighted by Crippen LogP contribution is -2.55. The monoisotopic (exact) mass is 319 g/mol. The molecule has 0 spiro atoms. The Hall–Kier alpha value is -1.14. The number of fused-ring (bicyclic) bond motifs is 3. The molecule has 5 nitrogen and oxygen atoms in total. The Balaban J connectivity index is 1.22. The van der Waals surface area contributed by atoms with Crippen LogP contribution in [0.1, 0.15) is 24.0 Å². The Bertz CT molecular complexity index is 536. The summed E-state index contributed by atoms with van der Waals surface area (Å²) in [6.45, 7) is 5.05. The summed E-state index contributed by atoms with van der Waals surface area (Å²) in [5, 5.41) is 10.2. The highest BCUT2D eigenvalue weighted by Crippen LogP contribution is 2.29. The van der Waals surface area contributed by atoms with E-state index in [9.17, 15) is 5.11 Å². The van der Waals surface area contributed by atoms with E-state index >= 15 is 0 Å². The van der Waals surface area contributed by atoms with Gasteiger partial charge in [-0.2, -0.15) is 4.89 Å². The van der Waals surface area contributed by atoms with Gasteiger partial charge in [-0.1, -0.05) is 12.1 Å². The van der Waals surface area contributed by atoms with Crippen LogP contribution < -0.4 is 4.89 Å². The van der Waals surface area contributed by atoms with Crippen molar-refractivity contribution in [3.63, 3.8) is 0 Å². The second-order valence-corrected chi connectivity index (χ2v) is 7.05. The molecule has 2 saturated heterocycles. The predicted molar refractivity (Wildman–Crippen MR) is 85.0 cm³/mol. The summed E-state index contributed by atoms with van der Waals surface area (Å²) in [7, 11) is 0. The topological polar surface area (TPSA) is 51.2 Å². The van der Waals surface area contributed by atoms with Crippen molar-refractivity contribution in [3.8, 4) is 5.75 Å². The predicted octanol–water partition coefficient (Wildman–Crippen LogP) is 1.77. The van der Waals surface area contributed by atoms with Gasteiger partial charge in [0.15, 0.2) is 5.75 Å². The number of aliphatic hydroxyl groups excluding tert-OH is 1. The number of piperidine rings is 1. The van der Waals surface area contributed by atoms with Crippen LogP contribution in [0.4, 0.5) is 0 Å². The van der Waals surface area contributed by atoms with Gasteiger partial charge in [0.05, 0.1) is 19.3 Å². The van der Waals surface area contributed by atoms with E-state index in [1.54, 1.807) is 0 Å². The fourth-order valence-corrected chi connectivity index (χ4v) is 3.97. The van der Waals surface area contributed by atoms with Gasteiger partial charge in [0.2, 0.25) is 0 Å². The molecule has 0 aliphatic carbocycles. The van der Waals surface area contributed by atoms with Gasteiger partial charge in [0.1, 0.15) is 6.61 Å². The molecule has 23 heavy (non-hydrogen) atoms. The van der Waals surface area contributed by atoms with Crippen LogP contribution in [0, 0.1) is 11.8 Å². The summed E-state index contributed by atoms with van der Waals surface area (Å²) in [4.78, 5) is 12.6. The van der Waals surface area contributed by atoms with Crippen molar-refractivity contribution in [2.75, 3.05) is 32.8 Å². The average molecular weight is 319 g/mol. The number of hydrogen-bond donors (Lipinski definition) is 1. The Morgan fingerprint density at radius 3 is 2.78 bits per heavy atom. The first-order valence-corrected chi connectivity index (χ1v) is 8.69. The minimum atomic E-state index is -0.159. The fraction of sp³-hybridized carbons (Fsp3) is 0.667. The van der Waals surface area contributed by atoms with E-state index in [0.29, 0.717) is 31.7 Å². The number of aryl methyl sites for hydroxylation is 1. The van der Waals surface area contributed by atoms with Crippen molar-refractivity contribution in [1.29, 1.82) is 0 Å². The highest BCUT2D eigenvalue weighted by Gasteiger charge is 2.38. The van der Waals surface area contributed by atoms with Crippen LogP contribution in [0.25, 0.3) is 0 Å². The van der Waals surface area contributed by atoms with E-state index in [0.717, 1.165) is 37.4 Å². The fourth-order valence-electron chi connectivity index (χ4n) is 3.97. The molecular formula is C18H25NO4. The molecule has 1 aromatic carbocycles. The molecule has 0 amide bonds. The van der Waals surface area contributed by atoms with Crippen LogP contribution in [-0.2, 0) is 22.7 Å². The zero-order valence-corrected chi connectivity index (χ0v) is 13.4. The Kier molecular flexibility index (Phi) is 4.53. The first kappa shape index (κ1) is 15.4. The maximum Gasteiger partial charge on any atom is 0.171 e. The molecule has 2 fully saturated rings. The molecule has 1 aromatic rings. The number of aliphatic hydroxyl groups is 1. The Morgan fingerprint density at radius 1 is 1.13 bits per heavy atom. The number of nitrogens with zero attached hydrogens (tertiary/aromatic N) is 1. The Labute approximate surface area is 137 Å². The summed E-state index contributed by atoms with van der Waals surface area (Å²) in [5.41, 5.74) is 2.45. The quantitative estimate of drug-likeness (QED) is 0.662. The maximum atomic E-state index is 10.2. The number of likely N-dealkylation sites (tertiary alicyclic amines) is 1. The first-order chi connectivity index (χ1) is 11.3. The second-order valence-electron chi connectivity index (χ2n) is 7.05. The van der Waals surface area contributed by atoms with Gasteiger partial charge in [-0.25, -0.2) is 0 Å². The molecule has 3 aliphatic rings. The van der Waals surface area contributed by atoms with Crippen molar-refractivity contribution < 1.29 is 19.6 Å². The average Bonchev–Trinajstić information content (AvgIpc) is 3.00. The molecule has 0 saturated carbocycles. The summed E-state index contributed by atoms with van der Waals surface area (Å²) < 4.78 is 5.57. The lowest BCUT2D eigenvalue weighted by molar-refractivity contribution is -0.194. The number of hydrogen-bond acceptors (Lipinski definition) is 5. The maximum absolute atomic E-state index is 10.2. The van der Waals surface area contributed by atoms with Crippen LogP contribution in [-0.4, -0.2) is 49.0 Å². The third-order valence-electron chi connectivity index (χ3n) is 5.30. The molecule has 3 aliphatic heterocycles. The molecular weight excluding hydrogens is 294 g/mol. The van der Waals surface area contributed by atoms with Crippen molar-refractivity contribution >= 4 is 0 Å². The zero-order chi connectivity index (χ0) is 15.6. The van der Waals surface area contributed by atoms with Gasteiger partial charge >= 0.3 is 0 Å². The Morgan fingerprint density at radius 2 is 1.96 bits per heavy atom. The summed E-state index contributed by atoms with van der Waals surface area (Å²) >= 11 is 0. The molecule has 0 aromatic heterocycles. The smallest absolute Gasteiger partial charge is 0.171 e. The molecule has 1 N–H and O–H groups in total. The van der Waals surface area contributed by atoms with E-state index in [1.165, 1.54) is 18.4 Å². The van der Waals surface area contributed by atoms with E-state index in [1.807, 2.05) is 0 Å².